The first-order valence-electron chi connectivity index (χ1n) is 7.18. The van der Waals surface area contributed by atoms with E-state index in [1.807, 2.05) is 44.2 Å². The highest BCUT2D eigenvalue weighted by Gasteiger charge is 2.24. The normalized spacial score (nSPS) is 14.4. The Morgan fingerprint density at radius 1 is 1.35 bits per heavy atom. The smallest absolute Gasteiger partial charge is 0.326 e. The molecule has 0 saturated heterocycles. The van der Waals surface area contributed by atoms with Crippen molar-refractivity contribution in [2.24, 2.45) is 11.6 Å². The molecule has 0 saturated carbocycles. The van der Waals surface area contributed by atoms with Gasteiger partial charge in [0.25, 0.3) is 0 Å². The lowest BCUT2D eigenvalue weighted by atomic mass is 10.0. The molecule has 0 fully saturated rings. The van der Waals surface area contributed by atoms with Crippen LogP contribution >= 0.6 is 0 Å². The fraction of sp³-hybridized carbons (Fsp3) is 0.467. The van der Waals surface area contributed by atoms with Crippen LogP contribution in [-0.2, 0) is 16.0 Å². The molecule has 110 valence electrons. The first kappa shape index (κ1) is 14.5. The standard InChI is InChI=1S/C15H22N2O3/c1-10(2)8-13(15(19)20)17-14(18)12(16)9-11-6-4-3-5-7-11/h3-7,10,12-13H,8-9,16H2,1-2H3,(H,17,18)(H,19,20)/t12-,13-/m0/s1/i/hD. The van der Waals surface area contributed by atoms with Gasteiger partial charge in [-0.05, 0) is 24.3 Å². The van der Waals surface area contributed by atoms with E-state index in [-0.39, 0.29) is 5.92 Å². The van der Waals surface area contributed by atoms with E-state index in [0.29, 0.717) is 12.8 Å². The van der Waals surface area contributed by atoms with Crippen molar-refractivity contribution in [2.75, 3.05) is 0 Å². The quantitative estimate of drug-likeness (QED) is 0.666. The molecule has 0 heterocycles. The Morgan fingerprint density at radius 3 is 2.50 bits per heavy atom. The van der Waals surface area contributed by atoms with Gasteiger partial charge < -0.3 is 16.2 Å². The van der Waals surface area contributed by atoms with Gasteiger partial charge in [-0.2, -0.15) is 0 Å². The largest absolute Gasteiger partial charge is 0.480 e. The molecule has 0 aliphatic rings. The summed E-state index contributed by atoms with van der Waals surface area (Å²) in [6.07, 6.45) is 0.696. The minimum absolute atomic E-state index is 0.155. The van der Waals surface area contributed by atoms with Crippen LogP contribution in [0.25, 0.3) is 0 Å². The number of carbonyl (C=O) groups is 2. The predicted molar refractivity (Wildman–Crippen MR) is 77.1 cm³/mol. The Hall–Kier alpha value is -1.88. The summed E-state index contributed by atoms with van der Waals surface area (Å²) in [6, 6.07) is 7.60. The Morgan fingerprint density at radius 2 is 2.00 bits per heavy atom. The van der Waals surface area contributed by atoms with E-state index in [2.05, 4.69) is 11.0 Å². The Balaban J connectivity index is 2.67. The van der Waals surface area contributed by atoms with Crippen molar-refractivity contribution in [3.63, 3.8) is 0 Å². The lowest BCUT2D eigenvalue weighted by Crippen LogP contribution is -2.49. The Labute approximate surface area is 120 Å². The summed E-state index contributed by atoms with van der Waals surface area (Å²) in [4.78, 5) is 23.3. The van der Waals surface area contributed by atoms with Gasteiger partial charge in [-0.3, -0.25) is 4.79 Å². The molecule has 4 N–H and O–H groups in total. The lowest BCUT2D eigenvalue weighted by molar-refractivity contribution is -0.142. The lowest BCUT2D eigenvalue weighted by Gasteiger charge is -2.19. The highest BCUT2D eigenvalue weighted by molar-refractivity contribution is 5.86. The molecule has 0 bridgehead atoms. The molecule has 5 heteroatoms. The van der Waals surface area contributed by atoms with Gasteiger partial charge in [0.05, 0.1) is 6.04 Å². The monoisotopic (exact) mass is 279 g/mol. The van der Waals surface area contributed by atoms with Crippen LogP contribution in [0.2, 0.25) is 1.41 Å². The van der Waals surface area contributed by atoms with Crippen LogP contribution in [0.1, 0.15) is 25.8 Å². The van der Waals surface area contributed by atoms with Crippen molar-refractivity contribution in [3.8, 4) is 0 Å². The number of nitrogens with one attached hydrogen (secondary N) is 1. The van der Waals surface area contributed by atoms with Gasteiger partial charge in [0.15, 0.2) is 0 Å². The van der Waals surface area contributed by atoms with Crippen LogP contribution in [0.5, 0.6) is 0 Å². The van der Waals surface area contributed by atoms with E-state index in [9.17, 15) is 9.59 Å². The van der Waals surface area contributed by atoms with E-state index in [1.54, 1.807) is 0 Å². The number of aliphatic carboxylic acids is 1. The number of carbonyl (C=O) groups excluding carboxylic acids is 1. The fourth-order valence-electron chi connectivity index (χ4n) is 1.91. The van der Waals surface area contributed by atoms with Crippen LogP contribution in [0.3, 0.4) is 0 Å². The van der Waals surface area contributed by atoms with Gasteiger partial charge in [0, 0.05) is 0 Å². The molecule has 0 aliphatic carbocycles. The minimum Gasteiger partial charge on any atom is -0.480 e. The topological polar surface area (TPSA) is 92.4 Å². The summed E-state index contributed by atoms with van der Waals surface area (Å²) in [5.74, 6) is -1.37. The Kier molecular flexibility index (Phi) is 5.55. The zero-order valence-electron chi connectivity index (χ0n) is 12.8. The average Bonchev–Trinajstić information content (AvgIpc) is 2.44. The third kappa shape index (κ3) is 5.40. The van der Waals surface area contributed by atoms with Crippen LogP contribution in [0.15, 0.2) is 30.3 Å². The van der Waals surface area contributed by atoms with Gasteiger partial charge in [0.1, 0.15) is 7.45 Å². The van der Waals surface area contributed by atoms with E-state index < -0.39 is 24.0 Å². The van der Waals surface area contributed by atoms with Gasteiger partial charge in [-0.25, -0.2) is 4.79 Å². The third-order valence-corrected chi connectivity index (χ3v) is 2.92. The van der Waals surface area contributed by atoms with E-state index in [4.69, 9.17) is 6.52 Å². The number of hydrogen-bond donors (Lipinski definition) is 3. The molecule has 2 atom stereocenters. The van der Waals surface area contributed by atoms with Gasteiger partial charge in [0.2, 0.25) is 5.91 Å². The van der Waals surface area contributed by atoms with Crippen LogP contribution in [0.4, 0.5) is 0 Å². The van der Waals surface area contributed by atoms with E-state index in [1.165, 1.54) is 0 Å². The zero-order valence-corrected chi connectivity index (χ0v) is 11.8. The maximum Gasteiger partial charge on any atom is 0.326 e. The highest BCUT2D eigenvalue weighted by atomic mass is 16.4. The molecule has 0 unspecified atom stereocenters. The summed E-state index contributed by atoms with van der Waals surface area (Å²) >= 11 is 0. The number of carboxylic acid groups (broad SMARTS) is 1. The van der Waals surface area contributed by atoms with Crippen molar-refractivity contribution < 1.29 is 16.1 Å². The number of hydrogen-bond acceptors (Lipinski definition) is 3. The molecule has 0 spiro atoms. The first-order valence-corrected chi connectivity index (χ1v) is 6.68. The number of nitrogens with two attached hydrogens (primary N) is 1. The zero-order chi connectivity index (χ0) is 15.8. The summed E-state index contributed by atoms with van der Waals surface area (Å²) in [6.45, 7) is 3.79. The van der Waals surface area contributed by atoms with Crippen LogP contribution < -0.4 is 11.0 Å². The van der Waals surface area contributed by atoms with Crippen LogP contribution in [0, 0.1) is 5.92 Å². The predicted octanol–water partition coefficient (Wildman–Crippen LogP) is 1.17. The second kappa shape index (κ2) is 7.65. The number of amides is 1. The molecule has 1 rings (SSSR count). The number of carboxylic acids is 1. The maximum absolute atomic E-state index is 12.1. The number of rotatable bonds is 8. The molecule has 20 heavy (non-hydrogen) atoms. The molecule has 1 amide bonds. The van der Waals surface area contributed by atoms with Crippen molar-refractivity contribution in [1.29, 1.82) is 0 Å². The molecular weight excluding hydrogens is 256 g/mol. The molecule has 0 radical (unpaired) electrons. The van der Waals surface area contributed by atoms with Crippen molar-refractivity contribution >= 4 is 11.9 Å². The van der Waals surface area contributed by atoms with E-state index in [0.717, 1.165) is 5.56 Å². The molecular formula is C15H22N2O3. The molecule has 1 aromatic carbocycles. The Bertz CT molecular complexity index is 465. The van der Waals surface area contributed by atoms with Crippen molar-refractivity contribution in [1.82, 2.24) is 5.32 Å². The van der Waals surface area contributed by atoms with Gasteiger partial charge in [-0.1, -0.05) is 44.2 Å². The second-order valence-corrected chi connectivity index (χ2v) is 5.27. The molecule has 1 aromatic rings. The van der Waals surface area contributed by atoms with Crippen molar-refractivity contribution in [2.45, 2.75) is 38.8 Å². The number of benzene rings is 1. The summed E-state index contributed by atoms with van der Waals surface area (Å²) < 4.78 is 7.27. The van der Waals surface area contributed by atoms with Gasteiger partial charge in [-0.15, -0.1) is 0 Å². The van der Waals surface area contributed by atoms with Crippen LogP contribution in [-0.4, -0.2) is 29.1 Å². The summed E-state index contributed by atoms with van der Waals surface area (Å²) in [5.41, 5.74) is 3.10. The van der Waals surface area contributed by atoms with E-state index >= 15 is 0 Å². The highest BCUT2D eigenvalue weighted by Crippen LogP contribution is 2.06. The summed E-state index contributed by atoms with van der Waals surface area (Å²) in [5, 5.41) is 11.6. The fourth-order valence-corrected chi connectivity index (χ4v) is 1.91. The van der Waals surface area contributed by atoms with Crippen molar-refractivity contribution in [3.05, 3.63) is 35.9 Å². The molecule has 0 aliphatic heterocycles. The average molecular weight is 279 g/mol. The third-order valence-electron chi connectivity index (χ3n) is 2.92. The SMILES string of the molecule is [2H]N[C@@H](Cc1ccccc1)C(=O)N[C@@H](CC(C)C)C(=O)O. The second-order valence-electron chi connectivity index (χ2n) is 5.27. The molecule has 0 aromatic heterocycles. The van der Waals surface area contributed by atoms with Gasteiger partial charge >= 0.3 is 5.97 Å². The summed E-state index contributed by atoms with van der Waals surface area (Å²) in [7, 11) is 0. The maximum atomic E-state index is 12.1. The first-order chi connectivity index (χ1) is 9.93. The minimum atomic E-state index is -1.06. The molecule has 5 nitrogen and oxygen atoms in total.